The average Bonchev–Trinajstić information content (AvgIpc) is 2.62. The summed E-state index contributed by atoms with van der Waals surface area (Å²) in [5, 5.41) is 2.61. The van der Waals surface area contributed by atoms with Gasteiger partial charge in [0, 0.05) is 5.56 Å². The molecule has 0 aliphatic carbocycles. The monoisotopic (exact) mass is 371 g/mol. The Morgan fingerprint density at radius 2 is 1.38 bits per heavy atom. The lowest BCUT2D eigenvalue weighted by Crippen LogP contribution is -2.31. The standard InChI is InChI=1S/C19H18F5NO/c1-10(2)8-13(11-6-4-3-5-7-11)25-14(26)9-12-15(20)17(22)19(24)18(23)16(12)21/h3-7,10,13H,8-9H2,1-2H3,(H,25,26)/t13-/m1/s1. The second-order valence-electron chi connectivity index (χ2n) is 6.39. The molecule has 1 N–H and O–H groups in total. The van der Waals surface area contributed by atoms with Crippen LogP contribution in [0.1, 0.15) is 37.4 Å². The van der Waals surface area contributed by atoms with Crippen molar-refractivity contribution in [1.29, 1.82) is 0 Å². The van der Waals surface area contributed by atoms with E-state index in [4.69, 9.17) is 0 Å². The maximum atomic E-state index is 13.7. The number of halogens is 5. The average molecular weight is 371 g/mol. The van der Waals surface area contributed by atoms with Crippen LogP contribution in [-0.4, -0.2) is 5.91 Å². The third kappa shape index (κ3) is 4.39. The Labute approximate surface area is 148 Å². The van der Waals surface area contributed by atoms with Gasteiger partial charge in [0.1, 0.15) is 0 Å². The summed E-state index contributed by atoms with van der Waals surface area (Å²) in [6, 6.07) is 8.48. The van der Waals surface area contributed by atoms with Crippen LogP contribution in [0, 0.1) is 35.0 Å². The highest BCUT2D eigenvalue weighted by atomic mass is 19.2. The Hall–Kier alpha value is -2.44. The van der Waals surface area contributed by atoms with Gasteiger partial charge in [0.05, 0.1) is 12.5 Å². The zero-order valence-electron chi connectivity index (χ0n) is 14.3. The Morgan fingerprint density at radius 3 is 1.88 bits per heavy atom. The van der Waals surface area contributed by atoms with E-state index in [9.17, 15) is 26.7 Å². The van der Waals surface area contributed by atoms with Crippen molar-refractivity contribution in [2.75, 3.05) is 0 Å². The van der Waals surface area contributed by atoms with Crippen LogP contribution in [0.25, 0.3) is 0 Å². The van der Waals surface area contributed by atoms with Crippen molar-refractivity contribution in [3.63, 3.8) is 0 Å². The van der Waals surface area contributed by atoms with Gasteiger partial charge in [-0.2, -0.15) is 0 Å². The summed E-state index contributed by atoms with van der Waals surface area (Å²) in [4.78, 5) is 12.2. The molecule has 2 nitrogen and oxygen atoms in total. The molecule has 0 bridgehead atoms. The Morgan fingerprint density at radius 1 is 0.885 bits per heavy atom. The Kier molecular flexibility index (Phi) is 6.34. The third-order valence-electron chi connectivity index (χ3n) is 3.88. The number of hydrogen-bond donors (Lipinski definition) is 1. The molecule has 140 valence electrons. The quantitative estimate of drug-likeness (QED) is 0.440. The first-order valence-electron chi connectivity index (χ1n) is 8.07. The topological polar surface area (TPSA) is 29.1 Å². The van der Waals surface area contributed by atoms with Gasteiger partial charge in [-0.1, -0.05) is 44.2 Å². The molecule has 0 saturated carbocycles. The summed E-state index contributed by atoms with van der Waals surface area (Å²) in [5.41, 5.74) is -0.359. The molecule has 0 fully saturated rings. The lowest BCUT2D eigenvalue weighted by Gasteiger charge is -2.21. The molecule has 0 aliphatic rings. The lowest BCUT2D eigenvalue weighted by atomic mass is 9.96. The first kappa shape index (κ1) is 19.9. The van der Waals surface area contributed by atoms with Crippen LogP contribution in [0.5, 0.6) is 0 Å². The molecule has 0 aliphatic heterocycles. The first-order chi connectivity index (χ1) is 12.2. The van der Waals surface area contributed by atoms with Crippen molar-refractivity contribution in [2.45, 2.75) is 32.7 Å². The van der Waals surface area contributed by atoms with Gasteiger partial charge in [0.25, 0.3) is 0 Å². The molecule has 2 aromatic rings. The SMILES string of the molecule is CC(C)C[C@@H](NC(=O)Cc1c(F)c(F)c(F)c(F)c1F)c1ccccc1. The number of amides is 1. The number of carbonyl (C=O) groups is 1. The molecule has 0 radical (unpaired) electrons. The molecule has 26 heavy (non-hydrogen) atoms. The predicted molar refractivity (Wildman–Crippen MR) is 86.7 cm³/mol. The minimum atomic E-state index is -2.24. The number of benzene rings is 2. The second-order valence-corrected chi connectivity index (χ2v) is 6.39. The van der Waals surface area contributed by atoms with E-state index in [-0.39, 0.29) is 5.92 Å². The maximum absolute atomic E-state index is 13.7. The second kappa shape index (κ2) is 8.29. The van der Waals surface area contributed by atoms with Crippen LogP contribution in [0.3, 0.4) is 0 Å². The molecule has 0 saturated heterocycles. The smallest absolute Gasteiger partial charge is 0.225 e. The largest absolute Gasteiger partial charge is 0.349 e. The van der Waals surface area contributed by atoms with E-state index < -0.39 is 53.0 Å². The molecule has 1 amide bonds. The fourth-order valence-electron chi connectivity index (χ4n) is 2.65. The van der Waals surface area contributed by atoms with E-state index in [0.717, 1.165) is 5.56 Å². The highest BCUT2D eigenvalue weighted by Crippen LogP contribution is 2.25. The molecule has 7 heteroatoms. The number of hydrogen-bond acceptors (Lipinski definition) is 1. The van der Waals surface area contributed by atoms with Crippen molar-refractivity contribution < 1.29 is 26.7 Å². The predicted octanol–water partition coefficient (Wildman–Crippen LogP) is 4.83. The van der Waals surface area contributed by atoms with Crippen molar-refractivity contribution in [3.05, 3.63) is 70.5 Å². The van der Waals surface area contributed by atoms with E-state index in [1.807, 2.05) is 13.8 Å². The Balaban J connectivity index is 2.24. The minimum Gasteiger partial charge on any atom is -0.349 e. The van der Waals surface area contributed by atoms with Crippen LogP contribution >= 0.6 is 0 Å². The minimum absolute atomic E-state index is 0.203. The fourth-order valence-corrected chi connectivity index (χ4v) is 2.65. The molecule has 0 heterocycles. The van der Waals surface area contributed by atoms with Gasteiger partial charge in [-0.15, -0.1) is 0 Å². The van der Waals surface area contributed by atoms with Gasteiger partial charge in [-0.25, -0.2) is 22.0 Å². The molecule has 0 spiro atoms. The molecular weight excluding hydrogens is 353 g/mol. The van der Waals surface area contributed by atoms with Crippen molar-refractivity contribution in [3.8, 4) is 0 Å². The van der Waals surface area contributed by atoms with E-state index in [1.54, 1.807) is 30.3 Å². The van der Waals surface area contributed by atoms with E-state index >= 15 is 0 Å². The van der Waals surface area contributed by atoms with Crippen molar-refractivity contribution in [1.82, 2.24) is 5.32 Å². The molecule has 1 atom stereocenters. The van der Waals surface area contributed by atoms with Crippen LogP contribution in [0.15, 0.2) is 30.3 Å². The van der Waals surface area contributed by atoms with Crippen LogP contribution < -0.4 is 5.32 Å². The summed E-state index contributed by atoms with van der Waals surface area (Å²) >= 11 is 0. The summed E-state index contributed by atoms with van der Waals surface area (Å²) in [5.74, 6) is -11.0. The first-order valence-corrected chi connectivity index (χ1v) is 8.07. The summed E-state index contributed by atoms with van der Waals surface area (Å²) < 4.78 is 67.1. The van der Waals surface area contributed by atoms with Gasteiger partial charge in [0.2, 0.25) is 11.7 Å². The van der Waals surface area contributed by atoms with E-state index in [1.165, 1.54) is 0 Å². The van der Waals surface area contributed by atoms with Crippen molar-refractivity contribution >= 4 is 5.91 Å². The Bertz CT molecular complexity index is 763. The maximum Gasteiger partial charge on any atom is 0.225 e. The zero-order valence-corrected chi connectivity index (χ0v) is 14.3. The molecule has 0 aromatic heterocycles. The number of rotatable bonds is 6. The lowest BCUT2D eigenvalue weighted by molar-refractivity contribution is -0.121. The molecule has 2 rings (SSSR count). The van der Waals surface area contributed by atoms with E-state index in [0.29, 0.717) is 6.42 Å². The number of carbonyl (C=O) groups excluding carboxylic acids is 1. The molecular formula is C19H18F5NO. The third-order valence-corrected chi connectivity index (χ3v) is 3.88. The molecule has 2 aromatic carbocycles. The number of nitrogens with one attached hydrogen (secondary N) is 1. The van der Waals surface area contributed by atoms with Gasteiger partial charge in [-0.3, -0.25) is 4.79 Å². The summed E-state index contributed by atoms with van der Waals surface area (Å²) in [6.45, 7) is 3.87. The van der Waals surface area contributed by atoms with Crippen LogP contribution in [0.4, 0.5) is 22.0 Å². The summed E-state index contributed by atoms with van der Waals surface area (Å²) in [6.07, 6.45) is -0.403. The zero-order chi connectivity index (χ0) is 19.4. The van der Waals surface area contributed by atoms with Gasteiger partial charge in [0.15, 0.2) is 23.3 Å². The van der Waals surface area contributed by atoms with Gasteiger partial charge < -0.3 is 5.32 Å². The van der Waals surface area contributed by atoms with Crippen LogP contribution in [-0.2, 0) is 11.2 Å². The summed E-state index contributed by atoms with van der Waals surface area (Å²) in [7, 11) is 0. The van der Waals surface area contributed by atoms with Crippen LogP contribution in [0.2, 0.25) is 0 Å². The fraction of sp³-hybridized carbons (Fsp3) is 0.316. The normalized spacial score (nSPS) is 12.3. The van der Waals surface area contributed by atoms with Gasteiger partial charge in [-0.05, 0) is 17.9 Å². The van der Waals surface area contributed by atoms with Crippen molar-refractivity contribution in [2.24, 2.45) is 5.92 Å². The highest BCUT2D eigenvalue weighted by Gasteiger charge is 2.27. The molecule has 0 unspecified atom stereocenters. The van der Waals surface area contributed by atoms with Gasteiger partial charge >= 0.3 is 0 Å². The van der Waals surface area contributed by atoms with E-state index in [2.05, 4.69) is 5.32 Å². The highest BCUT2D eigenvalue weighted by molar-refractivity contribution is 5.79.